The molecule has 1 aromatic heterocycles. The number of nitrogens with zero attached hydrogens (tertiary/aromatic N) is 2. The molecular formula is C24H41F6N3S. The maximum atomic E-state index is 11.2. The van der Waals surface area contributed by atoms with Gasteiger partial charge in [0.2, 0.25) is 0 Å². The van der Waals surface area contributed by atoms with Crippen molar-refractivity contribution in [2.24, 2.45) is 0 Å². The fourth-order valence-corrected chi connectivity index (χ4v) is 3.62. The van der Waals surface area contributed by atoms with Crippen LogP contribution in [-0.2, 0) is 19.0 Å². The van der Waals surface area contributed by atoms with Gasteiger partial charge in [0.25, 0.3) is 0 Å². The molecule has 3 nitrogen and oxygen atoms in total. The zero-order valence-corrected chi connectivity index (χ0v) is 21.1. The first-order valence-corrected chi connectivity index (χ1v) is 12.9. The Labute approximate surface area is 206 Å². The first-order valence-electron chi connectivity index (χ1n) is 12.5. The fourth-order valence-electron chi connectivity index (χ4n) is 3.62. The number of hydrogen-bond donors (Lipinski definition) is 1. The number of alkyl halides is 6. The molecule has 1 fully saturated rings. The standard InChI is InChI=1S/C21H40N2.C3F6.HNS/c1-2-3-4-5-6-7-8-9-10-11-12-13-14-15-16-17-19-23-20-18-22-21-23;4-1(5)2(6,7)3(1,8)9;1-2/h18,20-21H,2-17,19H2,1H3;;1H. The number of aryl methyl sites for hydroxylation is 1. The van der Waals surface area contributed by atoms with E-state index in [-0.39, 0.29) is 0 Å². The zero-order valence-electron chi connectivity index (χ0n) is 20.3. The van der Waals surface area contributed by atoms with Crippen molar-refractivity contribution >= 4 is 12.4 Å². The molecule has 0 unspecified atom stereocenters. The van der Waals surface area contributed by atoms with E-state index < -0.39 is 17.8 Å². The highest BCUT2D eigenvalue weighted by atomic mass is 32.1. The third-order valence-electron chi connectivity index (χ3n) is 5.95. The van der Waals surface area contributed by atoms with Crippen LogP contribution in [0.2, 0.25) is 0 Å². The Morgan fingerprint density at radius 2 is 0.941 bits per heavy atom. The Morgan fingerprint density at radius 1 is 0.618 bits per heavy atom. The lowest BCUT2D eigenvalue weighted by molar-refractivity contribution is -0.0278. The van der Waals surface area contributed by atoms with Crippen LogP contribution >= 0.6 is 0 Å². The van der Waals surface area contributed by atoms with Gasteiger partial charge in [-0.15, -0.1) is 0 Å². The summed E-state index contributed by atoms with van der Waals surface area (Å²) in [7, 11) is 0. The van der Waals surface area contributed by atoms with Gasteiger partial charge in [-0.05, 0) is 6.42 Å². The minimum atomic E-state index is -5.12. The average Bonchev–Trinajstić information content (AvgIpc) is 3.21. The molecule has 34 heavy (non-hydrogen) atoms. The molecule has 200 valence electrons. The van der Waals surface area contributed by atoms with Crippen molar-refractivity contribution in [1.29, 1.82) is 4.78 Å². The summed E-state index contributed by atoms with van der Waals surface area (Å²) in [4.78, 5) is 4.08. The van der Waals surface area contributed by atoms with Gasteiger partial charge >= 0.3 is 17.8 Å². The van der Waals surface area contributed by atoms with Crippen LogP contribution in [0.4, 0.5) is 26.3 Å². The summed E-state index contributed by atoms with van der Waals surface area (Å²) in [6, 6.07) is 0. The minimum absolute atomic E-state index is 1.14. The number of hydrogen-bond acceptors (Lipinski definition) is 3. The number of unbranched alkanes of at least 4 members (excludes halogenated alkanes) is 15. The molecule has 0 radical (unpaired) electrons. The van der Waals surface area contributed by atoms with E-state index in [1.807, 2.05) is 12.5 Å². The molecule has 1 aliphatic carbocycles. The molecule has 1 heterocycles. The van der Waals surface area contributed by atoms with Crippen molar-refractivity contribution in [2.45, 2.75) is 134 Å². The molecule has 0 spiro atoms. The summed E-state index contributed by atoms with van der Waals surface area (Å²) in [6.45, 7) is 3.43. The molecule has 1 N–H and O–H groups in total. The molecule has 0 amide bonds. The largest absolute Gasteiger partial charge is 0.385 e. The predicted molar refractivity (Wildman–Crippen MR) is 127 cm³/mol. The van der Waals surface area contributed by atoms with Gasteiger partial charge in [-0.3, -0.25) is 0 Å². The quantitative estimate of drug-likeness (QED) is 0.165. The summed E-state index contributed by atoms with van der Waals surface area (Å²) in [5.41, 5.74) is 0. The van der Waals surface area contributed by atoms with Crippen LogP contribution in [0.3, 0.4) is 0 Å². The third-order valence-corrected chi connectivity index (χ3v) is 5.95. The highest BCUT2D eigenvalue weighted by Crippen LogP contribution is 2.68. The van der Waals surface area contributed by atoms with Crippen LogP contribution in [0.5, 0.6) is 0 Å². The maximum absolute atomic E-state index is 11.2. The van der Waals surface area contributed by atoms with Crippen molar-refractivity contribution in [3.8, 4) is 0 Å². The third kappa shape index (κ3) is 11.5. The summed E-state index contributed by atoms with van der Waals surface area (Å²) in [5.74, 6) is -15.4. The monoisotopic (exact) mass is 517 g/mol. The predicted octanol–water partition coefficient (Wildman–Crippen LogP) is 9.35. The van der Waals surface area contributed by atoms with Gasteiger partial charge in [0.1, 0.15) is 0 Å². The Hall–Kier alpha value is -1.19. The second-order valence-electron chi connectivity index (χ2n) is 8.83. The van der Waals surface area contributed by atoms with E-state index in [0.29, 0.717) is 0 Å². The van der Waals surface area contributed by atoms with E-state index in [2.05, 4.69) is 35.1 Å². The van der Waals surface area contributed by atoms with Crippen LogP contribution in [0.1, 0.15) is 110 Å². The van der Waals surface area contributed by atoms with Gasteiger partial charge in [0, 0.05) is 31.4 Å². The molecule has 2 rings (SSSR count). The molecule has 1 aromatic rings. The number of halogens is 6. The van der Waals surface area contributed by atoms with E-state index >= 15 is 0 Å². The Balaban J connectivity index is 0.000000819. The van der Waals surface area contributed by atoms with Gasteiger partial charge in [-0.2, -0.15) is 26.3 Å². The average molecular weight is 518 g/mol. The summed E-state index contributed by atoms with van der Waals surface area (Å²) in [6.07, 6.45) is 28.8. The first-order chi connectivity index (χ1) is 16.2. The summed E-state index contributed by atoms with van der Waals surface area (Å²) < 4.78 is 74.6. The zero-order chi connectivity index (χ0) is 25.9. The highest BCUT2D eigenvalue weighted by Gasteiger charge is 3.01. The fraction of sp³-hybridized carbons (Fsp3) is 0.875. The second kappa shape index (κ2) is 18.1. The SMILES string of the molecule is CCCCCCCCCCCCCCCCCCn1ccnc1.FC1(F)C(F)(F)C1(F)F.N=S. The summed E-state index contributed by atoms with van der Waals surface area (Å²) >= 11 is 3.33. The molecule has 1 aliphatic rings. The van der Waals surface area contributed by atoms with Crippen LogP contribution in [0, 0.1) is 4.78 Å². The molecule has 10 heteroatoms. The van der Waals surface area contributed by atoms with Crippen molar-refractivity contribution in [3.05, 3.63) is 18.7 Å². The molecular weight excluding hydrogens is 476 g/mol. The molecule has 0 aliphatic heterocycles. The Bertz CT molecular complexity index is 559. The number of imidazole rings is 1. The van der Waals surface area contributed by atoms with Crippen LogP contribution in [-0.4, -0.2) is 27.3 Å². The van der Waals surface area contributed by atoms with Gasteiger partial charge in [0.05, 0.1) is 6.33 Å². The van der Waals surface area contributed by atoms with Gasteiger partial charge in [-0.25, -0.2) is 9.76 Å². The topological polar surface area (TPSA) is 41.7 Å². The van der Waals surface area contributed by atoms with Crippen LogP contribution < -0.4 is 0 Å². The lowest BCUT2D eigenvalue weighted by Crippen LogP contribution is -2.02. The number of rotatable bonds is 17. The van der Waals surface area contributed by atoms with E-state index in [9.17, 15) is 26.3 Å². The van der Waals surface area contributed by atoms with Crippen molar-refractivity contribution in [3.63, 3.8) is 0 Å². The van der Waals surface area contributed by atoms with Gasteiger partial charge < -0.3 is 4.57 Å². The maximum Gasteiger partial charge on any atom is 0.385 e. The number of aromatic nitrogens is 2. The molecule has 1 saturated carbocycles. The molecule has 0 saturated heterocycles. The summed E-state index contributed by atoms with van der Waals surface area (Å²) in [5, 5.41) is 0. The molecule has 0 bridgehead atoms. The lowest BCUT2D eigenvalue weighted by atomic mass is 10.0. The molecule has 0 atom stereocenters. The van der Waals surface area contributed by atoms with Gasteiger partial charge in [-0.1, -0.05) is 103 Å². The van der Waals surface area contributed by atoms with E-state index in [0.717, 1.165) is 6.54 Å². The normalized spacial score (nSPS) is 16.7. The van der Waals surface area contributed by atoms with Crippen molar-refractivity contribution in [1.82, 2.24) is 9.55 Å². The van der Waals surface area contributed by atoms with Crippen molar-refractivity contribution < 1.29 is 26.3 Å². The second-order valence-corrected chi connectivity index (χ2v) is 8.83. The molecule has 0 aromatic carbocycles. The van der Waals surface area contributed by atoms with E-state index in [1.54, 1.807) is 0 Å². The van der Waals surface area contributed by atoms with Gasteiger partial charge in [0.15, 0.2) is 0 Å². The number of nitrogens with one attached hydrogen (secondary N) is 1. The minimum Gasteiger partial charge on any atom is -0.337 e. The lowest BCUT2D eigenvalue weighted by Gasteiger charge is -2.04. The van der Waals surface area contributed by atoms with Crippen LogP contribution in [0.25, 0.3) is 0 Å². The van der Waals surface area contributed by atoms with E-state index in [1.165, 1.54) is 103 Å². The van der Waals surface area contributed by atoms with E-state index in [4.69, 9.17) is 4.78 Å². The Morgan fingerprint density at radius 3 is 1.21 bits per heavy atom. The highest BCUT2D eigenvalue weighted by molar-refractivity contribution is 7.45. The smallest absolute Gasteiger partial charge is 0.337 e. The first kappa shape index (κ1) is 32.8. The van der Waals surface area contributed by atoms with Crippen molar-refractivity contribution in [2.75, 3.05) is 0 Å². The Kier molecular flexibility index (Phi) is 17.5. The van der Waals surface area contributed by atoms with Crippen LogP contribution in [0.15, 0.2) is 18.7 Å².